The molecule has 2 unspecified atom stereocenters. The van der Waals surface area contributed by atoms with Gasteiger partial charge >= 0.3 is 0 Å². The molecule has 0 aromatic rings. The number of hydrogen-bond donors (Lipinski definition) is 0. The molecule has 3 fully saturated rings. The van der Waals surface area contributed by atoms with Crippen LogP contribution in [0.25, 0.3) is 0 Å². The fraction of sp³-hybridized carbons (Fsp3) is 1.00. The molecule has 3 aliphatic rings. The van der Waals surface area contributed by atoms with Crippen molar-refractivity contribution >= 4 is 0 Å². The second-order valence-electron chi connectivity index (χ2n) is 4.29. The third kappa shape index (κ3) is 0.342. The van der Waals surface area contributed by atoms with Gasteiger partial charge in [0, 0.05) is 0 Å². The number of rotatable bonds is 0. The molecule has 0 saturated heterocycles. The highest BCUT2D eigenvalue weighted by Crippen LogP contribution is 2.71. The van der Waals surface area contributed by atoms with Crippen molar-refractivity contribution in [3.8, 4) is 0 Å². The van der Waals surface area contributed by atoms with Gasteiger partial charge in [-0.2, -0.15) is 0 Å². The maximum absolute atomic E-state index is 1.61. The largest absolute Gasteiger partial charge is 0.0525 e. The van der Waals surface area contributed by atoms with E-state index in [2.05, 4.69) is 0 Å². The third-order valence-electron chi connectivity index (χ3n) is 4.35. The summed E-state index contributed by atoms with van der Waals surface area (Å²) in [5.41, 5.74) is 0.972. The average Bonchev–Trinajstić information content (AvgIpc) is 2.23. The quantitative estimate of drug-likeness (QED) is 0.463. The standard InChI is InChI=1S/C9H14/c1-2-7-6-8-3-5-9(7,8)4-1/h7-8H,1-6H2/t7-,8?,9?/m0/s1. The molecule has 50 valence electrons. The fourth-order valence-electron chi connectivity index (χ4n) is 3.64. The second-order valence-corrected chi connectivity index (χ2v) is 4.29. The van der Waals surface area contributed by atoms with E-state index in [1.807, 2.05) is 0 Å². The number of hydrogen-bond acceptors (Lipinski definition) is 0. The lowest BCUT2D eigenvalue weighted by molar-refractivity contribution is -0.119. The summed E-state index contributed by atoms with van der Waals surface area (Å²) in [6.45, 7) is 0. The predicted octanol–water partition coefficient (Wildman–Crippen LogP) is 2.59. The van der Waals surface area contributed by atoms with Crippen LogP contribution in [0.15, 0.2) is 0 Å². The molecule has 0 bridgehead atoms. The monoisotopic (exact) mass is 122 g/mol. The fourth-order valence-corrected chi connectivity index (χ4v) is 3.64. The summed E-state index contributed by atoms with van der Waals surface area (Å²) < 4.78 is 0. The molecular formula is C9H14. The maximum Gasteiger partial charge on any atom is -0.0241 e. The molecule has 0 radical (unpaired) electrons. The van der Waals surface area contributed by atoms with Gasteiger partial charge in [0.15, 0.2) is 0 Å². The SMILES string of the molecule is C1C[C@H]2CC3CCC32C1. The first kappa shape index (κ1) is 4.76. The third-order valence-corrected chi connectivity index (χ3v) is 4.35. The van der Waals surface area contributed by atoms with Crippen molar-refractivity contribution in [1.29, 1.82) is 0 Å². The highest BCUT2D eigenvalue weighted by molar-refractivity contribution is 5.11. The normalized spacial score (nSPS) is 61.3. The molecule has 9 heavy (non-hydrogen) atoms. The van der Waals surface area contributed by atoms with E-state index < -0.39 is 0 Å². The van der Waals surface area contributed by atoms with Gasteiger partial charge in [-0.25, -0.2) is 0 Å². The summed E-state index contributed by atoms with van der Waals surface area (Å²) in [5, 5.41) is 0. The molecule has 3 rings (SSSR count). The minimum Gasteiger partial charge on any atom is -0.0525 e. The summed E-state index contributed by atoms with van der Waals surface area (Å²) in [6, 6.07) is 0. The molecule has 0 aliphatic heterocycles. The lowest BCUT2D eigenvalue weighted by Gasteiger charge is -2.61. The molecule has 0 heterocycles. The zero-order valence-electron chi connectivity index (χ0n) is 5.90. The van der Waals surface area contributed by atoms with Crippen molar-refractivity contribution in [1.82, 2.24) is 0 Å². The van der Waals surface area contributed by atoms with E-state index in [4.69, 9.17) is 0 Å². The first-order valence-electron chi connectivity index (χ1n) is 4.42. The van der Waals surface area contributed by atoms with Crippen LogP contribution in [0.1, 0.15) is 38.5 Å². The van der Waals surface area contributed by atoms with Crippen LogP contribution in [-0.2, 0) is 0 Å². The predicted molar refractivity (Wildman–Crippen MR) is 37.1 cm³/mol. The molecule has 0 aromatic carbocycles. The summed E-state index contributed by atoms with van der Waals surface area (Å²) in [5.74, 6) is 2.42. The van der Waals surface area contributed by atoms with Crippen LogP contribution in [0.5, 0.6) is 0 Å². The first-order chi connectivity index (χ1) is 4.42. The van der Waals surface area contributed by atoms with Gasteiger partial charge in [-0.1, -0.05) is 6.42 Å². The molecule has 3 atom stereocenters. The van der Waals surface area contributed by atoms with Gasteiger partial charge in [-0.15, -0.1) is 0 Å². The van der Waals surface area contributed by atoms with Crippen molar-refractivity contribution in [3.63, 3.8) is 0 Å². The van der Waals surface area contributed by atoms with E-state index in [0.717, 1.165) is 5.41 Å². The Morgan fingerprint density at radius 3 is 2.33 bits per heavy atom. The highest BCUT2D eigenvalue weighted by atomic mass is 14.7. The van der Waals surface area contributed by atoms with Crippen molar-refractivity contribution in [2.45, 2.75) is 38.5 Å². The van der Waals surface area contributed by atoms with Crippen LogP contribution in [0.2, 0.25) is 0 Å². The van der Waals surface area contributed by atoms with E-state index in [1.165, 1.54) is 11.8 Å². The molecule has 0 amide bonds. The zero-order valence-corrected chi connectivity index (χ0v) is 5.90. The van der Waals surface area contributed by atoms with Crippen molar-refractivity contribution in [2.24, 2.45) is 17.3 Å². The molecule has 3 aliphatic carbocycles. The Balaban J connectivity index is 1.95. The molecule has 0 nitrogen and oxygen atoms in total. The van der Waals surface area contributed by atoms with Gasteiger partial charge in [-0.05, 0) is 49.4 Å². The van der Waals surface area contributed by atoms with E-state index >= 15 is 0 Å². The molecular weight excluding hydrogens is 108 g/mol. The van der Waals surface area contributed by atoms with Crippen molar-refractivity contribution in [2.75, 3.05) is 0 Å². The van der Waals surface area contributed by atoms with E-state index in [-0.39, 0.29) is 0 Å². The van der Waals surface area contributed by atoms with Crippen LogP contribution in [0.4, 0.5) is 0 Å². The minimum absolute atomic E-state index is 0.972. The van der Waals surface area contributed by atoms with Crippen LogP contribution >= 0.6 is 0 Å². The molecule has 3 saturated carbocycles. The van der Waals surface area contributed by atoms with Crippen LogP contribution in [0, 0.1) is 17.3 Å². The minimum atomic E-state index is 0.972. The Hall–Kier alpha value is 0. The van der Waals surface area contributed by atoms with Gasteiger partial charge in [-0.3, -0.25) is 0 Å². The molecule has 0 heteroatoms. The zero-order chi connectivity index (χ0) is 5.90. The van der Waals surface area contributed by atoms with Crippen molar-refractivity contribution in [3.05, 3.63) is 0 Å². The Labute approximate surface area is 56.6 Å². The van der Waals surface area contributed by atoms with Crippen molar-refractivity contribution < 1.29 is 0 Å². The van der Waals surface area contributed by atoms with E-state index in [0.29, 0.717) is 0 Å². The summed E-state index contributed by atoms with van der Waals surface area (Å²) in [4.78, 5) is 0. The van der Waals surface area contributed by atoms with Gasteiger partial charge < -0.3 is 0 Å². The topological polar surface area (TPSA) is 0 Å². The van der Waals surface area contributed by atoms with Gasteiger partial charge in [0.05, 0.1) is 0 Å². The Morgan fingerprint density at radius 1 is 1.00 bits per heavy atom. The van der Waals surface area contributed by atoms with Crippen LogP contribution in [0.3, 0.4) is 0 Å². The van der Waals surface area contributed by atoms with Gasteiger partial charge in [0.25, 0.3) is 0 Å². The second kappa shape index (κ2) is 1.21. The highest BCUT2D eigenvalue weighted by Gasteiger charge is 2.61. The summed E-state index contributed by atoms with van der Waals surface area (Å²) >= 11 is 0. The molecule has 0 aromatic heterocycles. The molecule has 0 N–H and O–H groups in total. The van der Waals surface area contributed by atoms with Gasteiger partial charge in [0.2, 0.25) is 0 Å². The smallest absolute Gasteiger partial charge is 0.0241 e. The Kier molecular flexibility index (Phi) is 0.640. The Morgan fingerprint density at radius 2 is 1.89 bits per heavy atom. The maximum atomic E-state index is 1.61. The lowest BCUT2D eigenvalue weighted by Crippen LogP contribution is -2.53. The molecule has 1 spiro atoms. The summed E-state index contributed by atoms with van der Waals surface area (Å²) in [7, 11) is 0. The first-order valence-corrected chi connectivity index (χ1v) is 4.42. The van der Waals surface area contributed by atoms with E-state index in [9.17, 15) is 0 Å². The average molecular weight is 122 g/mol. The lowest BCUT2D eigenvalue weighted by atomic mass is 9.43. The van der Waals surface area contributed by atoms with Crippen LogP contribution < -0.4 is 0 Å². The van der Waals surface area contributed by atoms with Crippen LogP contribution in [-0.4, -0.2) is 0 Å². The van der Waals surface area contributed by atoms with E-state index in [1.54, 1.807) is 38.5 Å². The Bertz CT molecular complexity index is 150. The van der Waals surface area contributed by atoms with Gasteiger partial charge in [0.1, 0.15) is 0 Å². The summed E-state index contributed by atoms with van der Waals surface area (Å²) in [6.07, 6.45) is 9.53.